The van der Waals surface area contributed by atoms with Crippen LogP contribution < -0.4 is 0 Å². The third kappa shape index (κ3) is 6.24. The van der Waals surface area contributed by atoms with Crippen molar-refractivity contribution in [3.05, 3.63) is 29.8 Å². The molecule has 1 fully saturated rings. The van der Waals surface area contributed by atoms with E-state index >= 15 is 0 Å². The first-order valence-corrected chi connectivity index (χ1v) is 10.0. The maximum Gasteiger partial charge on any atom is 0.305 e. The Morgan fingerprint density at radius 3 is 1.93 bits per heavy atom. The SMILES string of the molecule is CC(=O)O[C@H]1O[C@H](COS(=O)(=O)c2ccc(C)cc2)[C@H](OC(C)=O)[C@H]1OC(C)=O. The molecule has 10 nitrogen and oxygen atoms in total. The van der Waals surface area contributed by atoms with Crippen molar-refractivity contribution in [1.29, 1.82) is 0 Å². The van der Waals surface area contributed by atoms with Gasteiger partial charge in [-0.3, -0.25) is 18.6 Å². The largest absolute Gasteiger partial charge is 0.455 e. The lowest BCUT2D eigenvalue weighted by atomic mass is 10.1. The summed E-state index contributed by atoms with van der Waals surface area (Å²) in [6.07, 6.45) is -5.09. The van der Waals surface area contributed by atoms with Gasteiger partial charge < -0.3 is 18.9 Å². The van der Waals surface area contributed by atoms with Crippen LogP contribution in [-0.4, -0.2) is 57.5 Å². The molecule has 0 saturated carbocycles. The van der Waals surface area contributed by atoms with E-state index in [2.05, 4.69) is 0 Å². The minimum atomic E-state index is -4.13. The van der Waals surface area contributed by atoms with Gasteiger partial charge in [0.2, 0.25) is 12.4 Å². The molecule has 1 saturated heterocycles. The van der Waals surface area contributed by atoms with E-state index in [1.54, 1.807) is 19.1 Å². The number of aryl methyl sites for hydroxylation is 1. The molecule has 0 N–H and O–H groups in total. The van der Waals surface area contributed by atoms with Crippen LogP contribution in [0.3, 0.4) is 0 Å². The molecule has 0 unspecified atom stereocenters. The molecule has 0 aromatic heterocycles. The zero-order chi connectivity index (χ0) is 21.8. The molecule has 0 spiro atoms. The van der Waals surface area contributed by atoms with Crippen LogP contribution in [-0.2, 0) is 47.6 Å². The standard InChI is InChI=1S/C18H22O10S/c1-10-5-7-14(8-6-10)29(22,23)24-9-15-16(25-11(2)19)17(26-12(3)20)18(28-15)27-13(4)21/h5-8,15-18H,9H2,1-4H3/t15-,16+,17-,18+/m1/s1. The Balaban J connectivity index is 2.21. The molecule has 4 atom stereocenters. The first-order valence-electron chi connectivity index (χ1n) is 8.63. The fraction of sp³-hybridized carbons (Fsp3) is 0.500. The molecule has 1 aliphatic rings. The summed E-state index contributed by atoms with van der Waals surface area (Å²) in [5, 5.41) is 0. The van der Waals surface area contributed by atoms with Crippen molar-refractivity contribution < 1.29 is 45.9 Å². The van der Waals surface area contributed by atoms with Crippen LogP contribution in [0.15, 0.2) is 29.2 Å². The van der Waals surface area contributed by atoms with Gasteiger partial charge in [-0.1, -0.05) is 17.7 Å². The smallest absolute Gasteiger partial charge is 0.305 e. The predicted molar refractivity (Wildman–Crippen MR) is 95.9 cm³/mol. The third-order valence-corrected chi connectivity index (χ3v) is 5.15. The summed E-state index contributed by atoms with van der Waals surface area (Å²) in [5.74, 6) is -2.20. The van der Waals surface area contributed by atoms with E-state index in [1.807, 2.05) is 0 Å². The molecule has 29 heavy (non-hydrogen) atoms. The van der Waals surface area contributed by atoms with E-state index in [0.717, 1.165) is 26.3 Å². The molecule has 0 amide bonds. The van der Waals surface area contributed by atoms with E-state index in [9.17, 15) is 22.8 Å². The van der Waals surface area contributed by atoms with Gasteiger partial charge in [0, 0.05) is 20.8 Å². The Morgan fingerprint density at radius 1 is 0.897 bits per heavy atom. The lowest BCUT2D eigenvalue weighted by Crippen LogP contribution is -2.42. The van der Waals surface area contributed by atoms with Crippen LogP contribution in [0, 0.1) is 6.92 Å². The molecule has 0 radical (unpaired) electrons. The summed E-state index contributed by atoms with van der Waals surface area (Å²) in [5.41, 5.74) is 0.867. The minimum Gasteiger partial charge on any atom is -0.455 e. The van der Waals surface area contributed by atoms with Crippen molar-refractivity contribution in [3.63, 3.8) is 0 Å². The second-order valence-corrected chi connectivity index (χ2v) is 7.97. The van der Waals surface area contributed by atoms with Crippen LogP contribution in [0.4, 0.5) is 0 Å². The van der Waals surface area contributed by atoms with E-state index in [0.29, 0.717) is 0 Å². The normalized spacial score (nSPS) is 24.0. The zero-order valence-corrected chi connectivity index (χ0v) is 17.1. The van der Waals surface area contributed by atoms with E-state index < -0.39 is 59.2 Å². The van der Waals surface area contributed by atoms with Gasteiger partial charge in [0.25, 0.3) is 10.1 Å². The van der Waals surface area contributed by atoms with Gasteiger partial charge in [0.05, 0.1) is 11.5 Å². The first kappa shape index (κ1) is 22.8. The molecule has 1 heterocycles. The maximum atomic E-state index is 12.4. The van der Waals surface area contributed by atoms with Gasteiger partial charge in [0.1, 0.15) is 6.10 Å². The molecule has 1 aromatic carbocycles. The van der Waals surface area contributed by atoms with Gasteiger partial charge in [-0.2, -0.15) is 8.42 Å². The minimum absolute atomic E-state index is 0.0711. The molecule has 1 aromatic rings. The molecule has 0 bridgehead atoms. The zero-order valence-electron chi connectivity index (χ0n) is 16.3. The number of ether oxygens (including phenoxy) is 4. The molecule has 2 rings (SSSR count). The second-order valence-electron chi connectivity index (χ2n) is 6.35. The van der Waals surface area contributed by atoms with Crippen molar-refractivity contribution in [2.75, 3.05) is 6.61 Å². The van der Waals surface area contributed by atoms with Gasteiger partial charge in [-0.15, -0.1) is 0 Å². The van der Waals surface area contributed by atoms with Gasteiger partial charge in [-0.05, 0) is 19.1 Å². The maximum absolute atomic E-state index is 12.4. The van der Waals surface area contributed by atoms with Crippen LogP contribution >= 0.6 is 0 Å². The Hall–Kier alpha value is -2.50. The number of hydrogen-bond acceptors (Lipinski definition) is 10. The van der Waals surface area contributed by atoms with E-state index in [1.165, 1.54) is 12.1 Å². The predicted octanol–water partition coefficient (Wildman–Crippen LogP) is 0.852. The van der Waals surface area contributed by atoms with Crippen molar-refractivity contribution in [3.8, 4) is 0 Å². The van der Waals surface area contributed by atoms with Crippen molar-refractivity contribution in [1.82, 2.24) is 0 Å². The van der Waals surface area contributed by atoms with E-state index in [-0.39, 0.29) is 4.90 Å². The van der Waals surface area contributed by atoms with Crippen molar-refractivity contribution in [2.45, 2.75) is 57.2 Å². The highest BCUT2D eigenvalue weighted by Crippen LogP contribution is 2.29. The number of benzene rings is 1. The summed E-state index contributed by atoms with van der Waals surface area (Å²) in [6.45, 7) is 4.58. The number of hydrogen-bond donors (Lipinski definition) is 0. The summed E-state index contributed by atoms with van der Waals surface area (Å²) in [6, 6.07) is 5.98. The van der Waals surface area contributed by atoms with Crippen LogP contribution in [0.5, 0.6) is 0 Å². The molecule has 0 aliphatic carbocycles. The van der Waals surface area contributed by atoms with Gasteiger partial charge in [0.15, 0.2) is 6.10 Å². The summed E-state index contributed by atoms with van der Waals surface area (Å²) < 4.78 is 50.4. The van der Waals surface area contributed by atoms with Crippen LogP contribution in [0.25, 0.3) is 0 Å². The number of rotatable bonds is 7. The topological polar surface area (TPSA) is 132 Å². The average molecular weight is 430 g/mol. The van der Waals surface area contributed by atoms with Crippen LogP contribution in [0.1, 0.15) is 26.3 Å². The summed E-state index contributed by atoms with van der Waals surface area (Å²) in [7, 11) is -4.13. The molecular formula is C18H22O10S. The van der Waals surface area contributed by atoms with Gasteiger partial charge >= 0.3 is 17.9 Å². The Bertz CT molecular complexity index is 861. The second kappa shape index (κ2) is 9.33. The quantitative estimate of drug-likeness (QED) is 0.348. The lowest BCUT2D eigenvalue weighted by Gasteiger charge is -2.22. The summed E-state index contributed by atoms with van der Waals surface area (Å²) >= 11 is 0. The number of carbonyl (C=O) groups is 3. The average Bonchev–Trinajstić information content (AvgIpc) is 2.89. The fourth-order valence-corrected chi connectivity index (χ4v) is 3.58. The highest BCUT2D eigenvalue weighted by molar-refractivity contribution is 7.86. The monoisotopic (exact) mass is 430 g/mol. The molecular weight excluding hydrogens is 408 g/mol. The number of carbonyl (C=O) groups excluding carboxylic acids is 3. The van der Waals surface area contributed by atoms with Crippen molar-refractivity contribution in [2.24, 2.45) is 0 Å². The Morgan fingerprint density at radius 2 is 1.41 bits per heavy atom. The first-order chi connectivity index (χ1) is 13.5. The number of esters is 3. The molecule has 11 heteroatoms. The molecule has 1 aliphatic heterocycles. The van der Waals surface area contributed by atoms with E-state index in [4.69, 9.17) is 23.1 Å². The Labute approximate surface area is 168 Å². The fourth-order valence-electron chi connectivity index (χ4n) is 2.66. The lowest BCUT2D eigenvalue weighted by molar-refractivity contribution is -0.196. The van der Waals surface area contributed by atoms with Gasteiger partial charge in [-0.25, -0.2) is 0 Å². The van der Waals surface area contributed by atoms with Crippen molar-refractivity contribution >= 4 is 28.0 Å². The Kier molecular flexibility index (Phi) is 7.33. The highest BCUT2D eigenvalue weighted by Gasteiger charge is 2.51. The highest BCUT2D eigenvalue weighted by atomic mass is 32.2. The van der Waals surface area contributed by atoms with Crippen LogP contribution in [0.2, 0.25) is 0 Å². The third-order valence-electron chi connectivity index (χ3n) is 3.85. The summed E-state index contributed by atoms with van der Waals surface area (Å²) in [4.78, 5) is 34.1. The molecule has 160 valence electrons.